The van der Waals surface area contributed by atoms with Gasteiger partial charge < -0.3 is 25.0 Å². The SMILES string of the molecule is CNC(=O)C[C@@H]1CC[C@H]2[C@@H](COc3ccc(NC(=O)c4ccc(C(F)(F)F)cc4)cc3C(=O)N2C)O1. The summed E-state index contributed by atoms with van der Waals surface area (Å²) in [4.78, 5) is 39.2. The number of anilines is 1. The molecule has 2 aliphatic rings. The van der Waals surface area contributed by atoms with Crippen LogP contribution in [0.2, 0.25) is 0 Å². The van der Waals surface area contributed by atoms with E-state index in [9.17, 15) is 27.6 Å². The van der Waals surface area contributed by atoms with Crippen molar-refractivity contribution in [1.29, 1.82) is 0 Å². The summed E-state index contributed by atoms with van der Waals surface area (Å²) in [6.07, 6.45) is -3.69. The van der Waals surface area contributed by atoms with Gasteiger partial charge in [0.15, 0.2) is 0 Å². The quantitative estimate of drug-likeness (QED) is 0.664. The molecule has 2 aliphatic heterocycles. The predicted molar refractivity (Wildman–Crippen MR) is 124 cm³/mol. The second kappa shape index (κ2) is 10.2. The van der Waals surface area contributed by atoms with Gasteiger partial charge in [0.05, 0.1) is 29.7 Å². The standard InChI is InChI=1S/C25H26F3N3O5/c1-29-22(32)12-17-8-9-19-21(36-17)13-35-20-10-7-16(11-18(20)24(34)31(19)2)30-23(33)14-3-5-15(6-4-14)25(26,27)28/h3-7,10-11,17,19,21H,8-9,12-13H2,1-2H3,(H,29,32)(H,30,33)/t17-,19-,21+/m0/s1. The van der Waals surface area contributed by atoms with E-state index in [1.54, 1.807) is 31.1 Å². The fourth-order valence-corrected chi connectivity index (χ4v) is 4.43. The van der Waals surface area contributed by atoms with Gasteiger partial charge in [0, 0.05) is 25.3 Å². The number of halogens is 3. The van der Waals surface area contributed by atoms with Crippen LogP contribution in [-0.2, 0) is 15.7 Å². The molecule has 0 bridgehead atoms. The first-order valence-electron chi connectivity index (χ1n) is 11.5. The summed E-state index contributed by atoms with van der Waals surface area (Å²) in [7, 11) is 3.24. The van der Waals surface area contributed by atoms with Crippen LogP contribution in [0.4, 0.5) is 18.9 Å². The Kier molecular flexibility index (Phi) is 7.21. The van der Waals surface area contributed by atoms with Crippen LogP contribution >= 0.6 is 0 Å². The van der Waals surface area contributed by atoms with Crippen LogP contribution in [0.1, 0.15) is 45.5 Å². The lowest BCUT2D eigenvalue weighted by Gasteiger charge is -2.42. The second-order valence-corrected chi connectivity index (χ2v) is 8.79. The average molecular weight is 505 g/mol. The molecule has 11 heteroatoms. The summed E-state index contributed by atoms with van der Waals surface area (Å²) in [5.41, 5.74) is -0.265. The van der Waals surface area contributed by atoms with Gasteiger partial charge in [-0.15, -0.1) is 0 Å². The Hall–Kier alpha value is -3.60. The third-order valence-electron chi connectivity index (χ3n) is 6.44. The number of ether oxygens (including phenoxy) is 2. The Morgan fingerprint density at radius 2 is 1.83 bits per heavy atom. The molecule has 0 saturated carbocycles. The Morgan fingerprint density at radius 1 is 1.11 bits per heavy atom. The molecule has 0 spiro atoms. The number of hydrogen-bond acceptors (Lipinski definition) is 5. The van der Waals surface area contributed by atoms with E-state index in [4.69, 9.17) is 9.47 Å². The molecule has 36 heavy (non-hydrogen) atoms. The van der Waals surface area contributed by atoms with Crippen molar-refractivity contribution in [2.24, 2.45) is 0 Å². The zero-order chi connectivity index (χ0) is 26.0. The van der Waals surface area contributed by atoms with E-state index in [1.807, 2.05) is 0 Å². The Balaban J connectivity index is 1.49. The van der Waals surface area contributed by atoms with Gasteiger partial charge in [-0.2, -0.15) is 13.2 Å². The second-order valence-electron chi connectivity index (χ2n) is 8.79. The van der Waals surface area contributed by atoms with Crippen molar-refractivity contribution in [2.45, 2.75) is 43.7 Å². The molecule has 0 aliphatic carbocycles. The van der Waals surface area contributed by atoms with Gasteiger partial charge in [-0.1, -0.05) is 0 Å². The molecule has 3 amide bonds. The van der Waals surface area contributed by atoms with Gasteiger partial charge in [-0.05, 0) is 55.3 Å². The molecular weight excluding hydrogens is 479 g/mol. The third-order valence-corrected chi connectivity index (χ3v) is 6.44. The number of nitrogens with zero attached hydrogens (tertiary/aromatic N) is 1. The van der Waals surface area contributed by atoms with Crippen molar-refractivity contribution in [3.63, 3.8) is 0 Å². The molecule has 4 rings (SSSR count). The van der Waals surface area contributed by atoms with Gasteiger partial charge in [0.25, 0.3) is 11.8 Å². The number of benzene rings is 2. The largest absolute Gasteiger partial charge is 0.490 e. The molecule has 1 fully saturated rings. The number of nitrogens with one attached hydrogen (secondary N) is 2. The van der Waals surface area contributed by atoms with Crippen molar-refractivity contribution in [3.8, 4) is 5.75 Å². The normalized spacial score (nSPS) is 21.9. The lowest BCUT2D eigenvalue weighted by molar-refractivity contribution is -0.137. The van der Waals surface area contributed by atoms with Crippen molar-refractivity contribution >= 4 is 23.4 Å². The van der Waals surface area contributed by atoms with Crippen molar-refractivity contribution in [2.75, 3.05) is 26.0 Å². The molecule has 3 atom stereocenters. The molecule has 0 unspecified atom stereocenters. The third kappa shape index (κ3) is 5.46. The first kappa shape index (κ1) is 25.5. The minimum atomic E-state index is -4.50. The van der Waals surface area contributed by atoms with E-state index < -0.39 is 23.8 Å². The van der Waals surface area contributed by atoms with Crippen LogP contribution in [0.15, 0.2) is 42.5 Å². The molecule has 2 heterocycles. The maximum atomic E-state index is 13.3. The molecule has 0 aromatic heterocycles. The highest BCUT2D eigenvalue weighted by atomic mass is 19.4. The van der Waals surface area contributed by atoms with Gasteiger partial charge in [-0.25, -0.2) is 0 Å². The van der Waals surface area contributed by atoms with Crippen molar-refractivity contribution in [3.05, 3.63) is 59.2 Å². The smallest absolute Gasteiger partial charge is 0.416 e. The number of alkyl halides is 3. The van der Waals surface area contributed by atoms with E-state index in [-0.39, 0.29) is 48.1 Å². The first-order valence-corrected chi connectivity index (χ1v) is 11.5. The fourth-order valence-electron chi connectivity index (χ4n) is 4.43. The first-order chi connectivity index (χ1) is 17.1. The fraction of sp³-hybridized carbons (Fsp3) is 0.400. The minimum Gasteiger partial charge on any atom is -0.490 e. The summed E-state index contributed by atoms with van der Waals surface area (Å²) < 4.78 is 50.3. The minimum absolute atomic E-state index is 0.0444. The Morgan fingerprint density at radius 3 is 2.50 bits per heavy atom. The van der Waals surface area contributed by atoms with Gasteiger partial charge >= 0.3 is 6.18 Å². The number of amides is 3. The van der Waals surface area contributed by atoms with Crippen LogP contribution in [-0.4, -0.2) is 61.6 Å². The van der Waals surface area contributed by atoms with Crippen LogP contribution in [0.25, 0.3) is 0 Å². The zero-order valence-corrected chi connectivity index (χ0v) is 19.7. The predicted octanol–water partition coefficient (Wildman–Crippen LogP) is 3.47. The van der Waals surface area contributed by atoms with Crippen LogP contribution in [0, 0.1) is 0 Å². The van der Waals surface area contributed by atoms with E-state index >= 15 is 0 Å². The number of fused-ring (bicyclic) bond motifs is 2. The molecule has 8 nitrogen and oxygen atoms in total. The van der Waals surface area contributed by atoms with Crippen molar-refractivity contribution in [1.82, 2.24) is 10.2 Å². The molecule has 0 radical (unpaired) electrons. The number of likely N-dealkylation sites (N-methyl/N-ethyl adjacent to an activating group) is 1. The highest BCUT2D eigenvalue weighted by molar-refractivity contribution is 6.05. The lowest BCUT2D eigenvalue weighted by Crippen LogP contribution is -2.53. The highest BCUT2D eigenvalue weighted by Gasteiger charge is 2.39. The highest BCUT2D eigenvalue weighted by Crippen LogP contribution is 2.33. The van der Waals surface area contributed by atoms with E-state index in [0.717, 1.165) is 24.3 Å². The van der Waals surface area contributed by atoms with E-state index in [2.05, 4.69) is 10.6 Å². The number of carbonyl (C=O) groups excluding carboxylic acids is 3. The van der Waals surface area contributed by atoms with E-state index in [1.165, 1.54) is 6.07 Å². The van der Waals surface area contributed by atoms with Crippen LogP contribution < -0.4 is 15.4 Å². The Labute approximate surface area is 205 Å². The summed E-state index contributed by atoms with van der Waals surface area (Å²) in [6.45, 7) is 0.177. The summed E-state index contributed by atoms with van der Waals surface area (Å²) in [5.74, 6) is -0.737. The topological polar surface area (TPSA) is 97.0 Å². The van der Waals surface area contributed by atoms with Gasteiger partial charge in [0.1, 0.15) is 18.5 Å². The number of hydrogen-bond donors (Lipinski definition) is 2. The Bertz CT molecular complexity index is 1150. The number of carbonyl (C=O) groups is 3. The molecular formula is C25H26F3N3O5. The van der Waals surface area contributed by atoms with Crippen molar-refractivity contribution < 1.29 is 37.0 Å². The summed E-state index contributed by atoms with van der Waals surface area (Å²) in [5, 5.41) is 5.20. The summed E-state index contributed by atoms with van der Waals surface area (Å²) in [6, 6.07) is 8.18. The van der Waals surface area contributed by atoms with Gasteiger partial charge in [-0.3, -0.25) is 14.4 Å². The molecule has 2 aromatic rings. The molecule has 1 saturated heterocycles. The number of rotatable bonds is 4. The van der Waals surface area contributed by atoms with Crippen LogP contribution in [0.5, 0.6) is 5.75 Å². The van der Waals surface area contributed by atoms with E-state index in [0.29, 0.717) is 24.3 Å². The van der Waals surface area contributed by atoms with Gasteiger partial charge in [0.2, 0.25) is 5.91 Å². The lowest BCUT2D eigenvalue weighted by atomic mass is 9.94. The molecule has 192 valence electrons. The monoisotopic (exact) mass is 505 g/mol. The molecule has 2 aromatic carbocycles. The zero-order valence-electron chi connectivity index (χ0n) is 19.7. The molecule has 2 N–H and O–H groups in total. The van der Waals surface area contributed by atoms with Crippen LogP contribution in [0.3, 0.4) is 0 Å². The summed E-state index contributed by atoms with van der Waals surface area (Å²) >= 11 is 0. The average Bonchev–Trinajstić information content (AvgIpc) is 2.86. The maximum absolute atomic E-state index is 13.3. The maximum Gasteiger partial charge on any atom is 0.416 e.